The fourth-order valence-electron chi connectivity index (χ4n) is 4.66. The Hall–Kier alpha value is -4.19. The number of pyridine rings is 1. The minimum Gasteiger partial charge on any atom is -0.378 e. The van der Waals surface area contributed by atoms with E-state index in [-0.39, 0.29) is 19.1 Å². The third kappa shape index (κ3) is 5.40. The van der Waals surface area contributed by atoms with Gasteiger partial charge in [0.05, 0.1) is 24.4 Å². The largest absolute Gasteiger partial charge is 0.378 e. The number of carbonyl (C=O) groups is 1. The fraction of sp³-hybridized carbons (Fsp3) is 0.385. The average Bonchev–Trinajstić information content (AvgIpc) is 3.71. The lowest BCUT2D eigenvalue weighted by molar-refractivity contribution is 0.0945. The van der Waals surface area contributed by atoms with Gasteiger partial charge in [-0.1, -0.05) is 19.1 Å². The first-order chi connectivity index (χ1) is 18.6. The van der Waals surface area contributed by atoms with Crippen molar-refractivity contribution in [1.82, 2.24) is 40.3 Å². The number of rotatable bonds is 10. The molecule has 1 aliphatic heterocycles. The van der Waals surface area contributed by atoms with E-state index in [0.29, 0.717) is 41.0 Å². The number of benzene rings is 1. The van der Waals surface area contributed by atoms with E-state index in [4.69, 9.17) is 4.74 Å². The highest BCUT2D eigenvalue weighted by Gasteiger charge is 2.20. The van der Waals surface area contributed by atoms with Crippen molar-refractivity contribution < 1.29 is 13.9 Å². The smallest absolute Gasteiger partial charge is 0.255 e. The molecule has 0 saturated carbocycles. The Bertz CT molecular complexity index is 1380. The van der Waals surface area contributed by atoms with Gasteiger partial charge in [0.15, 0.2) is 0 Å². The number of carbonyl (C=O) groups excluding carboxylic acids is 1. The predicted octanol–water partition coefficient (Wildman–Crippen LogP) is 2.68. The van der Waals surface area contributed by atoms with Crippen LogP contribution in [0.2, 0.25) is 0 Å². The highest BCUT2D eigenvalue weighted by molar-refractivity contribution is 5.95. The summed E-state index contributed by atoms with van der Waals surface area (Å²) >= 11 is 0. The third-order valence-corrected chi connectivity index (χ3v) is 6.65. The molecule has 1 amide bonds. The number of methoxy groups -OCH3 is 1. The van der Waals surface area contributed by atoms with E-state index in [0.717, 1.165) is 24.5 Å². The maximum atomic E-state index is 15.3. The quantitative estimate of drug-likeness (QED) is 0.340. The summed E-state index contributed by atoms with van der Waals surface area (Å²) < 4.78 is 23.6. The van der Waals surface area contributed by atoms with E-state index in [1.165, 1.54) is 23.9 Å². The van der Waals surface area contributed by atoms with Crippen molar-refractivity contribution in [2.45, 2.75) is 45.9 Å². The molecule has 0 atom stereocenters. The lowest BCUT2D eigenvalue weighted by atomic mass is 10.0. The van der Waals surface area contributed by atoms with E-state index < -0.39 is 5.82 Å². The molecule has 1 saturated heterocycles. The molecular weight excluding hydrogens is 489 g/mol. The second-order valence-electron chi connectivity index (χ2n) is 9.17. The molecule has 4 aromatic rings. The van der Waals surface area contributed by atoms with Crippen LogP contribution in [0.25, 0.3) is 5.69 Å². The molecule has 1 N–H and O–H groups in total. The topological polar surface area (TPSA) is 116 Å². The number of aryl methyl sites for hydroxylation is 1. The first-order valence-electron chi connectivity index (χ1n) is 12.6. The van der Waals surface area contributed by atoms with Gasteiger partial charge in [0.25, 0.3) is 5.91 Å². The Morgan fingerprint density at radius 1 is 1.18 bits per heavy atom. The first kappa shape index (κ1) is 25.5. The van der Waals surface area contributed by atoms with Crippen LogP contribution in [0, 0.1) is 5.82 Å². The molecule has 3 aromatic heterocycles. The van der Waals surface area contributed by atoms with E-state index in [1.54, 1.807) is 30.1 Å². The Labute approximate surface area is 219 Å². The lowest BCUT2D eigenvalue weighted by Gasteiger charge is -2.16. The van der Waals surface area contributed by atoms with Gasteiger partial charge in [0, 0.05) is 44.7 Å². The minimum absolute atomic E-state index is 0.0484. The molecule has 0 radical (unpaired) electrons. The van der Waals surface area contributed by atoms with Crippen molar-refractivity contribution in [3.05, 3.63) is 76.8 Å². The van der Waals surface area contributed by atoms with Gasteiger partial charge in [-0.05, 0) is 52.9 Å². The number of tetrazole rings is 1. The van der Waals surface area contributed by atoms with Crippen LogP contribution in [-0.4, -0.2) is 61.1 Å². The standard InChI is InChI=1S/C26H30FN9O2/c1-3-19-7-8-23(36-17-30-32-33-36)20(25(19)27)13-29-26(37)21-15-35(31-22(21)16-38-2)14-18-6-9-24(28-12-18)34-10-4-5-11-34/h6-9,12,15,17H,3-5,10-11,13-14,16H2,1-2H3,(H,29,37). The summed E-state index contributed by atoms with van der Waals surface area (Å²) in [6.07, 6.45) is 7.81. The SMILES string of the molecule is CCc1ccc(-n2cnnn2)c(CNC(=O)c2cn(Cc3ccc(N4CCCC4)nc3)nc2COC)c1F. The molecule has 11 nitrogen and oxygen atoms in total. The van der Waals surface area contributed by atoms with Crippen molar-refractivity contribution in [3.8, 4) is 5.69 Å². The number of hydrogen-bond donors (Lipinski definition) is 1. The number of nitrogens with one attached hydrogen (secondary N) is 1. The van der Waals surface area contributed by atoms with Crippen molar-refractivity contribution >= 4 is 11.7 Å². The normalized spacial score (nSPS) is 13.3. The summed E-state index contributed by atoms with van der Waals surface area (Å²) in [5.41, 5.74) is 3.14. The number of aromatic nitrogens is 7. The Morgan fingerprint density at radius 3 is 2.71 bits per heavy atom. The molecule has 38 heavy (non-hydrogen) atoms. The first-order valence-corrected chi connectivity index (χ1v) is 12.6. The van der Waals surface area contributed by atoms with Crippen LogP contribution >= 0.6 is 0 Å². The average molecular weight is 520 g/mol. The number of nitrogens with zero attached hydrogens (tertiary/aromatic N) is 8. The van der Waals surface area contributed by atoms with E-state index >= 15 is 4.39 Å². The van der Waals surface area contributed by atoms with E-state index in [1.807, 2.05) is 25.3 Å². The predicted molar refractivity (Wildman–Crippen MR) is 137 cm³/mol. The van der Waals surface area contributed by atoms with Gasteiger partial charge in [-0.15, -0.1) is 5.10 Å². The molecule has 4 heterocycles. The summed E-state index contributed by atoms with van der Waals surface area (Å²) in [5.74, 6) is 0.209. The van der Waals surface area contributed by atoms with Gasteiger partial charge < -0.3 is 15.0 Å². The van der Waals surface area contributed by atoms with Crippen LogP contribution in [0.3, 0.4) is 0 Å². The molecule has 12 heteroatoms. The van der Waals surface area contributed by atoms with Gasteiger partial charge in [-0.3, -0.25) is 9.48 Å². The number of hydrogen-bond acceptors (Lipinski definition) is 8. The monoisotopic (exact) mass is 519 g/mol. The van der Waals surface area contributed by atoms with Gasteiger partial charge in [-0.25, -0.2) is 14.1 Å². The zero-order valence-corrected chi connectivity index (χ0v) is 21.5. The van der Waals surface area contributed by atoms with Gasteiger partial charge >= 0.3 is 0 Å². The van der Waals surface area contributed by atoms with Gasteiger partial charge in [-0.2, -0.15) is 5.10 Å². The lowest BCUT2D eigenvalue weighted by Crippen LogP contribution is -2.25. The number of ether oxygens (including phenoxy) is 1. The zero-order chi connectivity index (χ0) is 26.5. The molecule has 198 valence electrons. The summed E-state index contributed by atoms with van der Waals surface area (Å²) in [7, 11) is 1.55. The molecule has 0 bridgehead atoms. The van der Waals surface area contributed by atoms with Crippen LogP contribution in [-0.2, 0) is 30.9 Å². The number of halogens is 1. The molecule has 1 aliphatic rings. The second-order valence-corrected chi connectivity index (χ2v) is 9.17. The Morgan fingerprint density at radius 2 is 2.03 bits per heavy atom. The molecule has 5 rings (SSSR count). The second kappa shape index (κ2) is 11.5. The van der Waals surface area contributed by atoms with Crippen molar-refractivity contribution in [1.29, 1.82) is 0 Å². The summed E-state index contributed by atoms with van der Waals surface area (Å²) in [4.78, 5) is 20.1. The third-order valence-electron chi connectivity index (χ3n) is 6.65. The van der Waals surface area contributed by atoms with E-state index in [2.05, 4.69) is 35.8 Å². The molecular formula is C26H30FN9O2. The van der Waals surface area contributed by atoms with E-state index in [9.17, 15) is 4.79 Å². The minimum atomic E-state index is -0.390. The molecule has 0 spiro atoms. The van der Waals surface area contributed by atoms with Crippen LogP contribution in [0.4, 0.5) is 10.2 Å². The van der Waals surface area contributed by atoms with Crippen LogP contribution in [0.1, 0.15) is 52.5 Å². The molecule has 0 aliphatic carbocycles. The number of anilines is 1. The fourth-order valence-corrected chi connectivity index (χ4v) is 4.66. The summed E-state index contributed by atoms with van der Waals surface area (Å²) in [6.45, 7) is 4.51. The van der Waals surface area contributed by atoms with Crippen LogP contribution in [0.5, 0.6) is 0 Å². The highest BCUT2D eigenvalue weighted by atomic mass is 19.1. The molecule has 1 fully saturated rings. The van der Waals surface area contributed by atoms with Gasteiger partial charge in [0.2, 0.25) is 0 Å². The maximum Gasteiger partial charge on any atom is 0.255 e. The highest BCUT2D eigenvalue weighted by Crippen LogP contribution is 2.22. The number of amides is 1. The van der Waals surface area contributed by atoms with Crippen molar-refractivity contribution in [2.75, 3.05) is 25.1 Å². The van der Waals surface area contributed by atoms with Crippen LogP contribution < -0.4 is 10.2 Å². The Kier molecular flexibility index (Phi) is 7.68. The van der Waals surface area contributed by atoms with Crippen molar-refractivity contribution in [3.63, 3.8) is 0 Å². The zero-order valence-electron chi connectivity index (χ0n) is 21.5. The summed E-state index contributed by atoms with van der Waals surface area (Å²) in [6, 6.07) is 7.50. The molecule has 0 unspecified atom stereocenters. The van der Waals surface area contributed by atoms with Crippen LogP contribution in [0.15, 0.2) is 43.0 Å². The Balaban J connectivity index is 1.33. The summed E-state index contributed by atoms with van der Waals surface area (Å²) in [5, 5.41) is 18.6. The maximum absolute atomic E-state index is 15.3. The molecule has 1 aromatic carbocycles. The van der Waals surface area contributed by atoms with Crippen molar-refractivity contribution in [2.24, 2.45) is 0 Å². The van der Waals surface area contributed by atoms with Gasteiger partial charge in [0.1, 0.15) is 23.7 Å².